The van der Waals surface area contributed by atoms with Crippen LogP contribution in [0.3, 0.4) is 0 Å². The maximum absolute atomic E-state index is 14.1. The molecule has 5 aromatic carbocycles. The summed E-state index contributed by atoms with van der Waals surface area (Å²) in [6.07, 6.45) is 6.56. The summed E-state index contributed by atoms with van der Waals surface area (Å²) in [4.78, 5) is 94.6. The molecular formula is C64H80Cl4F3K2N11O11. The molecule has 10 N–H and O–H groups in total. The van der Waals surface area contributed by atoms with Crippen molar-refractivity contribution in [2.75, 3.05) is 19.0 Å². The fraction of sp³-hybridized carbons (Fsp3) is 0.375. The number of alkyl halides is 1. The van der Waals surface area contributed by atoms with Gasteiger partial charge >= 0.3 is 109 Å². The second-order valence-electron chi connectivity index (χ2n) is 20.7. The predicted octanol–water partition coefficient (Wildman–Crippen LogP) is 3.26. The number of fused-ring (bicyclic) bond motifs is 2. The third-order valence-electron chi connectivity index (χ3n) is 13.2. The van der Waals surface area contributed by atoms with Crippen molar-refractivity contribution in [1.82, 2.24) is 40.4 Å². The molecule has 2 aromatic heterocycles. The number of aliphatic carboxylic acids is 1. The first kappa shape index (κ1) is 90.1. The number of halogens is 7. The maximum atomic E-state index is 14.1. The molecular weight excluding hydrogens is 1380 g/mol. The van der Waals surface area contributed by atoms with Gasteiger partial charge in [0.15, 0.2) is 11.4 Å². The van der Waals surface area contributed by atoms with Crippen molar-refractivity contribution >= 4 is 116 Å². The Bertz CT molecular complexity index is 3580. The Morgan fingerprint density at radius 3 is 1.48 bits per heavy atom. The monoisotopic (exact) mass is 1450 g/mol. The van der Waals surface area contributed by atoms with E-state index < -0.39 is 41.1 Å². The number of aromatic nitrogens is 4. The molecule has 22 nitrogen and oxygen atoms in total. The van der Waals surface area contributed by atoms with Gasteiger partial charge in [0, 0.05) is 59.5 Å². The Morgan fingerprint density at radius 2 is 1.08 bits per heavy atom. The van der Waals surface area contributed by atoms with Crippen LogP contribution in [0.5, 0.6) is 0 Å². The van der Waals surface area contributed by atoms with Gasteiger partial charge < -0.3 is 54.7 Å². The SMILES string of the molecule is CCCC(C)N.CCCC(C)N(CC(=O)NCc1cccc(Cl)c1F)C(=O)Cn1nc(C(N)=O)c2ccccc21.CCCC(C)NCC(=O)NCc1cccc(Cl)c1F.NC(=O)c1nn(CC(=O)O)c2ccccc12.O=C(CCl)CCc1cccc(Cl)c1F.O=CO[O-].[H-].[K+].[K+]. The summed E-state index contributed by atoms with van der Waals surface area (Å²) in [5, 5.41) is 34.9. The third-order valence-corrected chi connectivity index (χ3v) is 14.4. The zero-order chi connectivity index (χ0) is 69.7. The van der Waals surface area contributed by atoms with Gasteiger partial charge in [-0.2, -0.15) is 10.2 Å². The van der Waals surface area contributed by atoms with Crippen LogP contribution in [-0.2, 0) is 66.3 Å². The number of hydrogen-bond donors (Lipinski definition) is 7. The minimum atomic E-state index is -1.02. The van der Waals surface area contributed by atoms with Crippen molar-refractivity contribution in [3.8, 4) is 0 Å². The van der Waals surface area contributed by atoms with Gasteiger partial charge in [-0.05, 0) is 82.3 Å². The number of amides is 5. The number of ketones is 1. The smallest absolute Gasteiger partial charge is 1.00 e. The number of hydrogen-bond acceptors (Lipinski definition) is 14. The Hall–Kier alpha value is -4.90. The van der Waals surface area contributed by atoms with Crippen LogP contribution in [0, 0.1) is 17.5 Å². The molecule has 7 aromatic rings. The molecule has 0 fully saturated rings. The van der Waals surface area contributed by atoms with Crippen LogP contribution < -0.4 is 141 Å². The Labute approximate surface area is 656 Å². The second-order valence-corrected chi connectivity index (χ2v) is 22.2. The number of Topliss-reactive ketones (excluding diaryl/α,β-unsaturated/α-hetero) is 1. The molecule has 0 aliphatic rings. The number of carboxylic acids is 1. The van der Waals surface area contributed by atoms with Crippen molar-refractivity contribution in [2.24, 2.45) is 17.2 Å². The molecule has 0 spiro atoms. The van der Waals surface area contributed by atoms with Crippen molar-refractivity contribution < 1.29 is 171 Å². The van der Waals surface area contributed by atoms with Crippen LogP contribution in [0.4, 0.5) is 13.2 Å². The second kappa shape index (κ2) is 49.6. The predicted molar refractivity (Wildman–Crippen MR) is 351 cm³/mol. The summed E-state index contributed by atoms with van der Waals surface area (Å²) in [5.41, 5.74) is 18.5. The van der Waals surface area contributed by atoms with Crippen LogP contribution in [0.2, 0.25) is 15.1 Å². The van der Waals surface area contributed by atoms with Crippen LogP contribution in [0.25, 0.3) is 21.8 Å². The number of benzene rings is 5. The quantitative estimate of drug-likeness (QED) is 0.0128. The number of primary amides is 2. The average molecular weight is 1460 g/mol. The molecule has 508 valence electrons. The van der Waals surface area contributed by atoms with E-state index in [1.165, 1.54) is 44.9 Å². The summed E-state index contributed by atoms with van der Waals surface area (Å²) in [6.45, 7) is 11.6. The minimum absolute atomic E-state index is 0. The first-order chi connectivity index (χ1) is 44.2. The van der Waals surface area contributed by atoms with E-state index in [-0.39, 0.29) is 218 Å². The van der Waals surface area contributed by atoms with Crippen molar-refractivity contribution in [3.05, 3.63) is 164 Å². The van der Waals surface area contributed by atoms with E-state index in [9.17, 15) is 46.7 Å². The van der Waals surface area contributed by atoms with E-state index in [1.54, 1.807) is 78.9 Å². The minimum Gasteiger partial charge on any atom is -1.00 e. The summed E-state index contributed by atoms with van der Waals surface area (Å²) < 4.78 is 43.6. The van der Waals surface area contributed by atoms with Crippen LogP contribution >= 0.6 is 46.4 Å². The van der Waals surface area contributed by atoms with Crippen molar-refractivity contribution in [3.63, 3.8) is 0 Å². The molecule has 2 heterocycles. The number of para-hydroxylation sites is 2. The van der Waals surface area contributed by atoms with E-state index in [4.69, 9.17) is 78.8 Å². The summed E-state index contributed by atoms with van der Waals surface area (Å²) in [6, 6.07) is 28.4. The number of rotatable bonds is 27. The van der Waals surface area contributed by atoms with E-state index in [2.05, 4.69) is 44.9 Å². The number of carboxylic acid groups (broad SMARTS) is 1. The zero-order valence-electron chi connectivity index (χ0n) is 55.4. The fourth-order valence-corrected chi connectivity index (χ4v) is 9.36. The molecule has 0 aliphatic carbocycles. The largest absolute Gasteiger partial charge is 1.00 e. The number of carbonyl (C=O) groups is 8. The van der Waals surface area contributed by atoms with Gasteiger partial charge in [0.2, 0.25) is 17.7 Å². The van der Waals surface area contributed by atoms with E-state index in [0.29, 0.717) is 57.9 Å². The molecule has 0 radical (unpaired) electrons. The molecule has 7 rings (SSSR count). The van der Waals surface area contributed by atoms with Gasteiger partial charge in [0.25, 0.3) is 18.3 Å². The van der Waals surface area contributed by atoms with Crippen molar-refractivity contribution in [1.29, 1.82) is 0 Å². The van der Waals surface area contributed by atoms with Crippen molar-refractivity contribution in [2.45, 2.75) is 137 Å². The standard InChI is InChI=1S/C24H27ClFN5O3.C14H20ClFN2O.C10H9Cl2FO.C10H9N3O3.C5H13N.CH2O3.2K.H/c1-3-7-15(2)30(13-20(32)28-12-16-8-6-10-18(25)22(16)26)21(33)14-31-19-11-5-4-9-17(19)23(29-31)24(27)34;1-3-5-10(2)17-9-13(19)18-8-11-6-4-7-12(15)14(11)16;11-6-8(14)5-4-7-2-1-3-9(12)10(7)13;11-10(16)9-6-3-1-2-4-7(6)13(12-9)5-8(14)15;1-3-4-5(2)6;2-1-4-3;;;/h4-6,8-11,15H,3,7,12-14H2,1-2H3,(H2,27,34)(H,28,32);4,6-7,10,17H,3,5,8-9H2,1-2H3,(H,18,19);1-3H,4-6H2;1-4H,5H2,(H2,11,16)(H,14,15);5H,3-4,6H2,1-2H3;1,3H;;;/q;;;;;;2*+1;-1/p-1. The normalized spacial score (nSPS) is 11.1. The number of aryl methyl sites for hydroxylation is 1. The van der Waals surface area contributed by atoms with Gasteiger partial charge in [-0.3, -0.25) is 47.7 Å². The Kier molecular flexibility index (Phi) is 47.0. The zero-order valence-corrected chi connectivity index (χ0v) is 63.6. The molecule has 3 atom stereocenters. The molecule has 5 amide bonds. The van der Waals surface area contributed by atoms with Gasteiger partial charge in [0.05, 0.1) is 45.1 Å². The number of carbonyl (C=O) groups excluding carboxylic acids is 7. The Morgan fingerprint density at radius 1 is 0.663 bits per heavy atom. The van der Waals surface area contributed by atoms with Gasteiger partial charge in [-0.25, -0.2) is 13.2 Å². The van der Waals surface area contributed by atoms with Gasteiger partial charge in [-0.1, -0.05) is 148 Å². The number of nitrogens with two attached hydrogens (primary N) is 3. The van der Waals surface area contributed by atoms with Gasteiger partial charge in [-0.15, -0.1) is 11.6 Å². The Balaban J connectivity index is 0. The van der Waals surface area contributed by atoms with Crippen LogP contribution in [0.1, 0.15) is 126 Å². The number of nitrogens with one attached hydrogen (secondary N) is 3. The molecule has 31 heteroatoms. The third kappa shape index (κ3) is 33.0. The molecule has 0 aliphatic heterocycles. The average Bonchev–Trinajstić information content (AvgIpc) is 1.72. The summed E-state index contributed by atoms with van der Waals surface area (Å²) in [7, 11) is 0. The van der Waals surface area contributed by atoms with E-state index >= 15 is 0 Å². The summed E-state index contributed by atoms with van der Waals surface area (Å²) in [5.74, 6) is -4.93. The molecule has 3 unspecified atom stereocenters. The molecule has 95 heavy (non-hydrogen) atoms. The first-order valence-corrected chi connectivity index (χ1v) is 31.0. The van der Waals surface area contributed by atoms with E-state index in [0.717, 1.165) is 25.7 Å². The topological polar surface area (TPSA) is 342 Å². The molecule has 0 saturated carbocycles. The first-order valence-electron chi connectivity index (χ1n) is 29.3. The molecule has 0 bridgehead atoms. The maximum Gasteiger partial charge on any atom is 1.00 e. The fourth-order valence-electron chi connectivity index (χ4n) is 8.64. The van der Waals surface area contributed by atoms with Gasteiger partial charge in [0.1, 0.15) is 36.3 Å². The number of nitrogens with zero attached hydrogens (tertiary/aromatic N) is 5. The van der Waals surface area contributed by atoms with Crippen LogP contribution in [0.15, 0.2) is 103 Å². The molecule has 0 saturated heterocycles. The van der Waals surface area contributed by atoms with E-state index in [1.807, 2.05) is 27.7 Å². The van der Waals surface area contributed by atoms with Crippen LogP contribution in [-0.4, -0.2) is 114 Å². The summed E-state index contributed by atoms with van der Waals surface area (Å²) >= 11 is 22.4.